The number of fused-ring (bicyclic) bond motifs is 3. The molecule has 2 aromatic heterocycles. The highest BCUT2D eigenvalue weighted by Gasteiger charge is 2.38. The molecule has 0 radical (unpaired) electrons. The van der Waals surface area contributed by atoms with Crippen LogP contribution in [0, 0.1) is 0 Å². The topological polar surface area (TPSA) is 110 Å². The van der Waals surface area contributed by atoms with Crippen LogP contribution in [0.15, 0.2) is 30.7 Å². The standard InChI is InChI=1S/C24H30N8O2/c1-4-19-22-30-27-14-31(22)20-12-26-24(29-21(20)32(19)17-7-5-6-8-17)28-18-10-9-15(23(33)25-2)11-16(18)13-34-3/h9-12,14,17,19H,4-8,13H2,1-3H3,(H,25,33)(H,26,28,29). The first-order valence-corrected chi connectivity index (χ1v) is 11.8. The van der Waals surface area contributed by atoms with Crippen molar-refractivity contribution < 1.29 is 9.53 Å². The molecule has 0 spiro atoms. The van der Waals surface area contributed by atoms with Crippen LogP contribution in [0.4, 0.5) is 17.5 Å². The second kappa shape index (κ2) is 9.38. The van der Waals surface area contributed by atoms with E-state index in [1.165, 1.54) is 12.8 Å². The van der Waals surface area contributed by atoms with E-state index in [1.807, 2.05) is 22.9 Å². The summed E-state index contributed by atoms with van der Waals surface area (Å²) < 4.78 is 7.38. The Morgan fingerprint density at radius 3 is 2.82 bits per heavy atom. The highest BCUT2D eigenvalue weighted by molar-refractivity contribution is 5.94. The molecule has 1 saturated carbocycles. The maximum absolute atomic E-state index is 12.1. The Kier molecular flexibility index (Phi) is 6.14. The van der Waals surface area contributed by atoms with Gasteiger partial charge in [0.05, 0.1) is 18.8 Å². The summed E-state index contributed by atoms with van der Waals surface area (Å²) in [6, 6.07) is 6.01. The van der Waals surface area contributed by atoms with Crippen molar-refractivity contribution in [3.8, 4) is 5.69 Å². The Morgan fingerprint density at radius 1 is 1.26 bits per heavy atom. The molecule has 0 saturated heterocycles. The lowest BCUT2D eigenvalue weighted by atomic mass is 10.0. The van der Waals surface area contributed by atoms with Crippen molar-refractivity contribution in [3.63, 3.8) is 0 Å². The third kappa shape index (κ3) is 3.87. The highest BCUT2D eigenvalue weighted by Crippen LogP contribution is 2.42. The average molecular weight is 463 g/mol. The SMILES string of the molecule is CCC1c2nncn2-c2cnc(Nc3ccc(C(=O)NC)cc3COC)nc2N1C1CCCC1. The molecule has 1 unspecified atom stereocenters. The van der Waals surface area contributed by atoms with Gasteiger partial charge in [-0.1, -0.05) is 19.8 Å². The fraction of sp³-hybridized carbons (Fsp3) is 0.458. The molecule has 1 amide bonds. The number of aromatic nitrogens is 5. The summed E-state index contributed by atoms with van der Waals surface area (Å²) >= 11 is 0. The average Bonchev–Trinajstić information content (AvgIpc) is 3.56. The van der Waals surface area contributed by atoms with Crippen LogP contribution >= 0.6 is 0 Å². The van der Waals surface area contributed by atoms with Gasteiger partial charge in [-0.25, -0.2) is 4.98 Å². The minimum Gasteiger partial charge on any atom is -0.380 e. The van der Waals surface area contributed by atoms with Gasteiger partial charge in [-0.3, -0.25) is 9.36 Å². The van der Waals surface area contributed by atoms with Crippen molar-refractivity contribution in [2.45, 2.75) is 57.7 Å². The molecule has 3 aromatic rings. The maximum Gasteiger partial charge on any atom is 0.251 e. The quantitative estimate of drug-likeness (QED) is 0.549. The Labute approximate surface area is 198 Å². The lowest BCUT2D eigenvalue weighted by molar-refractivity contribution is 0.0963. The van der Waals surface area contributed by atoms with Gasteiger partial charge in [0.15, 0.2) is 11.6 Å². The van der Waals surface area contributed by atoms with Gasteiger partial charge in [0.2, 0.25) is 5.95 Å². The zero-order valence-corrected chi connectivity index (χ0v) is 19.8. The number of nitrogens with one attached hydrogen (secondary N) is 2. The normalized spacial score (nSPS) is 17.4. The molecular weight excluding hydrogens is 432 g/mol. The van der Waals surface area contributed by atoms with E-state index in [1.54, 1.807) is 26.6 Å². The largest absolute Gasteiger partial charge is 0.380 e. The molecule has 0 bridgehead atoms. The third-order valence-electron chi connectivity index (χ3n) is 6.71. The lowest BCUT2D eigenvalue weighted by Crippen LogP contribution is -2.42. The molecule has 1 atom stereocenters. The number of ether oxygens (including phenoxy) is 1. The van der Waals surface area contributed by atoms with Gasteiger partial charge in [0.1, 0.15) is 12.0 Å². The molecule has 10 heteroatoms. The number of hydrogen-bond donors (Lipinski definition) is 2. The van der Waals surface area contributed by atoms with E-state index in [-0.39, 0.29) is 11.9 Å². The molecule has 3 heterocycles. The van der Waals surface area contributed by atoms with Gasteiger partial charge in [-0.2, -0.15) is 4.98 Å². The molecule has 1 aromatic carbocycles. The van der Waals surface area contributed by atoms with Crippen LogP contribution in [0.5, 0.6) is 0 Å². The van der Waals surface area contributed by atoms with Gasteiger partial charge >= 0.3 is 0 Å². The summed E-state index contributed by atoms with van der Waals surface area (Å²) in [5.41, 5.74) is 3.12. The van der Waals surface area contributed by atoms with Crippen LogP contribution < -0.4 is 15.5 Å². The highest BCUT2D eigenvalue weighted by atomic mass is 16.5. The van der Waals surface area contributed by atoms with Crippen molar-refractivity contribution in [2.75, 3.05) is 24.4 Å². The predicted molar refractivity (Wildman–Crippen MR) is 129 cm³/mol. The van der Waals surface area contributed by atoms with E-state index in [0.717, 1.165) is 47.8 Å². The number of carbonyl (C=O) groups is 1. The number of hydrogen-bond acceptors (Lipinski definition) is 8. The summed E-state index contributed by atoms with van der Waals surface area (Å²) in [5.74, 6) is 2.20. The van der Waals surface area contributed by atoms with Gasteiger partial charge in [-0.15, -0.1) is 10.2 Å². The third-order valence-corrected chi connectivity index (χ3v) is 6.71. The van der Waals surface area contributed by atoms with E-state index < -0.39 is 0 Å². The van der Waals surface area contributed by atoms with Gasteiger partial charge in [0, 0.05) is 37.0 Å². The molecule has 10 nitrogen and oxygen atoms in total. The minimum absolute atomic E-state index is 0.122. The van der Waals surface area contributed by atoms with Gasteiger partial charge in [-0.05, 0) is 37.5 Å². The molecule has 1 aliphatic heterocycles. The number of anilines is 3. The van der Waals surface area contributed by atoms with Gasteiger partial charge < -0.3 is 20.3 Å². The summed E-state index contributed by atoms with van der Waals surface area (Å²) in [6.45, 7) is 2.54. The van der Waals surface area contributed by atoms with Crippen LogP contribution in [0.25, 0.3) is 5.69 Å². The Bertz CT molecular complexity index is 1190. The number of nitrogens with zero attached hydrogens (tertiary/aromatic N) is 6. The van der Waals surface area contributed by atoms with E-state index >= 15 is 0 Å². The number of amides is 1. The van der Waals surface area contributed by atoms with E-state index in [2.05, 4.69) is 37.6 Å². The second-order valence-electron chi connectivity index (χ2n) is 8.74. The van der Waals surface area contributed by atoms with E-state index in [9.17, 15) is 4.79 Å². The molecule has 34 heavy (non-hydrogen) atoms. The molecule has 178 valence electrons. The number of benzene rings is 1. The first kappa shape index (κ1) is 22.3. The first-order chi connectivity index (χ1) is 16.6. The molecular formula is C24H30N8O2. The van der Waals surface area contributed by atoms with Crippen LogP contribution in [0.3, 0.4) is 0 Å². The molecule has 2 aliphatic rings. The van der Waals surface area contributed by atoms with Crippen LogP contribution in [0.2, 0.25) is 0 Å². The van der Waals surface area contributed by atoms with Crippen molar-refractivity contribution in [2.24, 2.45) is 0 Å². The van der Waals surface area contributed by atoms with Crippen molar-refractivity contribution in [3.05, 3.63) is 47.7 Å². The molecule has 1 aliphatic carbocycles. The summed E-state index contributed by atoms with van der Waals surface area (Å²) in [6.07, 6.45) is 9.25. The number of rotatable bonds is 7. The molecule has 1 fully saturated rings. The smallest absolute Gasteiger partial charge is 0.251 e. The summed E-state index contributed by atoms with van der Waals surface area (Å²) in [4.78, 5) is 24.1. The lowest BCUT2D eigenvalue weighted by Gasteiger charge is -2.40. The zero-order valence-electron chi connectivity index (χ0n) is 19.8. The Balaban J connectivity index is 1.54. The molecule has 5 rings (SSSR count). The minimum atomic E-state index is -0.142. The monoisotopic (exact) mass is 462 g/mol. The molecule has 2 N–H and O–H groups in total. The maximum atomic E-state index is 12.1. The number of methoxy groups -OCH3 is 1. The fourth-order valence-corrected chi connectivity index (χ4v) is 5.10. The van der Waals surface area contributed by atoms with E-state index in [0.29, 0.717) is 24.2 Å². The van der Waals surface area contributed by atoms with Crippen LogP contribution in [-0.2, 0) is 11.3 Å². The zero-order chi connectivity index (χ0) is 23.7. The Hall–Kier alpha value is -3.53. The summed E-state index contributed by atoms with van der Waals surface area (Å²) in [5, 5.41) is 14.6. The first-order valence-electron chi connectivity index (χ1n) is 11.8. The van der Waals surface area contributed by atoms with E-state index in [4.69, 9.17) is 9.72 Å². The van der Waals surface area contributed by atoms with Gasteiger partial charge in [0.25, 0.3) is 5.91 Å². The van der Waals surface area contributed by atoms with Crippen LogP contribution in [0.1, 0.15) is 66.8 Å². The Morgan fingerprint density at radius 2 is 2.09 bits per heavy atom. The fourth-order valence-electron chi connectivity index (χ4n) is 5.10. The number of carbonyl (C=O) groups excluding carboxylic acids is 1. The summed E-state index contributed by atoms with van der Waals surface area (Å²) in [7, 11) is 3.25. The van der Waals surface area contributed by atoms with Crippen molar-refractivity contribution >= 4 is 23.4 Å². The predicted octanol–water partition coefficient (Wildman–Crippen LogP) is 3.52. The van der Waals surface area contributed by atoms with Crippen molar-refractivity contribution in [1.82, 2.24) is 30.0 Å². The van der Waals surface area contributed by atoms with Crippen molar-refractivity contribution in [1.29, 1.82) is 0 Å². The van der Waals surface area contributed by atoms with Crippen LogP contribution in [-0.4, -0.2) is 50.8 Å². The second-order valence-corrected chi connectivity index (χ2v) is 8.74.